The first kappa shape index (κ1) is 16.4. The molecule has 0 aromatic carbocycles. The van der Waals surface area contributed by atoms with Crippen LogP contribution in [0.1, 0.15) is 41.0 Å². The van der Waals surface area contributed by atoms with Gasteiger partial charge in [-0.2, -0.15) is 15.0 Å². The number of nitrogens with one attached hydrogen (secondary N) is 2. The van der Waals surface area contributed by atoms with Crippen LogP contribution in [0.3, 0.4) is 0 Å². The molecule has 0 fully saturated rings. The molecule has 1 rings (SSSR count). The molecule has 20 heavy (non-hydrogen) atoms. The molecule has 0 saturated heterocycles. The number of hydrazine groups is 1. The molecular formula is C13H27N7. The van der Waals surface area contributed by atoms with Crippen LogP contribution < -0.4 is 21.5 Å². The zero-order valence-electron chi connectivity index (χ0n) is 13.2. The van der Waals surface area contributed by atoms with Gasteiger partial charge in [0.05, 0.1) is 0 Å². The summed E-state index contributed by atoms with van der Waals surface area (Å²) >= 11 is 0. The standard InChI is InChI=1S/C13H27N7/c1-6-20(7-2)12-17-10(16-11(18-12)19-14)15-9-8-13(3,4)5/h6-9,14H2,1-5H3,(H2,15,16,17,18,19). The second kappa shape index (κ2) is 7.23. The number of nitrogens with zero attached hydrogens (tertiary/aromatic N) is 4. The average Bonchev–Trinajstić information content (AvgIpc) is 2.38. The predicted molar refractivity (Wildman–Crippen MR) is 83.8 cm³/mol. The number of nitrogens with two attached hydrogens (primary N) is 1. The zero-order valence-corrected chi connectivity index (χ0v) is 13.2. The summed E-state index contributed by atoms with van der Waals surface area (Å²) < 4.78 is 0. The van der Waals surface area contributed by atoms with Crippen LogP contribution in [0.2, 0.25) is 0 Å². The Balaban J connectivity index is 2.82. The van der Waals surface area contributed by atoms with E-state index in [-0.39, 0.29) is 5.41 Å². The fourth-order valence-corrected chi connectivity index (χ4v) is 1.71. The minimum atomic E-state index is 0.274. The summed E-state index contributed by atoms with van der Waals surface area (Å²) in [5.41, 5.74) is 2.76. The lowest BCUT2D eigenvalue weighted by Gasteiger charge is -2.20. The fraction of sp³-hybridized carbons (Fsp3) is 0.769. The molecule has 4 N–H and O–H groups in total. The van der Waals surface area contributed by atoms with Crippen LogP contribution in [0.15, 0.2) is 0 Å². The van der Waals surface area contributed by atoms with Crippen molar-refractivity contribution in [1.29, 1.82) is 0 Å². The molecule has 0 saturated carbocycles. The van der Waals surface area contributed by atoms with Crippen LogP contribution in [-0.2, 0) is 0 Å². The van der Waals surface area contributed by atoms with Crippen molar-refractivity contribution in [2.45, 2.75) is 41.0 Å². The molecule has 114 valence electrons. The smallest absolute Gasteiger partial charge is 0.243 e. The first-order chi connectivity index (χ1) is 9.39. The SMILES string of the molecule is CCN(CC)c1nc(NN)nc(NCCC(C)(C)C)n1. The Labute approximate surface area is 121 Å². The summed E-state index contributed by atoms with van der Waals surface area (Å²) in [6.07, 6.45) is 1.03. The first-order valence-electron chi connectivity index (χ1n) is 7.11. The minimum Gasteiger partial charge on any atom is -0.354 e. The van der Waals surface area contributed by atoms with Gasteiger partial charge in [0.2, 0.25) is 17.8 Å². The Hall–Kier alpha value is -1.63. The molecule has 1 aromatic rings. The van der Waals surface area contributed by atoms with Crippen LogP contribution in [0.25, 0.3) is 0 Å². The zero-order chi connectivity index (χ0) is 15.2. The van der Waals surface area contributed by atoms with Crippen molar-refractivity contribution in [2.24, 2.45) is 11.3 Å². The van der Waals surface area contributed by atoms with Crippen LogP contribution in [0.4, 0.5) is 17.8 Å². The molecule has 0 bridgehead atoms. The summed E-state index contributed by atoms with van der Waals surface area (Å²) in [5.74, 6) is 6.98. The van der Waals surface area contributed by atoms with Gasteiger partial charge in [-0.25, -0.2) is 5.84 Å². The number of anilines is 3. The Bertz CT molecular complexity index is 410. The Morgan fingerprint density at radius 3 is 2.15 bits per heavy atom. The van der Waals surface area contributed by atoms with E-state index in [2.05, 4.69) is 65.2 Å². The van der Waals surface area contributed by atoms with E-state index in [4.69, 9.17) is 5.84 Å². The summed E-state index contributed by atoms with van der Waals surface area (Å²) in [6.45, 7) is 13.2. The van der Waals surface area contributed by atoms with Crippen LogP contribution >= 0.6 is 0 Å². The summed E-state index contributed by atoms with van der Waals surface area (Å²) in [5, 5.41) is 3.23. The topological polar surface area (TPSA) is 92.0 Å². The normalized spacial score (nSPS) is 11.3. The van der Waals surface area contributed by atoms with E-state index in [1.54, 1.807) is 0 Å². The molecule has 0 radical (unpaired) electrons. The minimum absolute atomic E-state index is 0.274. The van der Waals surface area contributed by atoms with Crippen LogP contribution in [0, 0.1) is 5.41 Å². The van der Waals surface area contributed by atoms with E-state index >= 15 is 0 Å². The highest BCUT2D eigenvalue weighted by Gasteiger charge is 2.12. The van der Waals surface area contributed by atoms with Crippen molar-refractivity contribution in [3.05, 3.63) is 0 Å². The van der Waals surface area contributed by atoms with Crippen molar-refractivity contribution in [3.63, 3.8) is 0 Å². The van der Waals surface area contributed by atoms with Crippen molar-refractivity contribution in [3.8, 4) is 0 Å². The maximum atomic E-state index is 5.42. The van der Waals surface area contributed by atoms with Crippen LogP contribution in [0.5, 0.6) is 0 Å². The van der Waals surface area contributed by atoms with Gasteiger partial charge in [-0.3, -0.25) is 5.43 Å². The molecule has 7 nitrogen and oxygen atoms in total. The number of rotatable bonds is 7. The molecule has 0 spiro atoms. The van der Waals surface area contributed by atoms with Gasteiger partial charge in [-0.1, -0.05) is 20.8 Å². The lowest BCUT2D eigenvalue weighted by molar-refractivity contribution is 0.389. The third-order valence-corrected chi connectivity index (χ3v) is 2.96. The highest BCUT2D eigenvalue weighted by molar-refractivity contribution is 5.43. The highest BCUT2D eigenvalue weighted by atomic mass is 15.4. The molecule has 0 atom stereocenters. The molecule has 7 heteroatoms. The maximum Gasteiger partial charge on any atom is 0.243 e. The van der Waals surface area contributed by atoms with E-state index in [1.807, 2.05) is 0 Å². The Kier molecular flexibility index (Phi) is 5.94. The van der Waals surface area contributed by atoms with Gasteiger partial charge in [0, 0.05) is 19.6 Å². The maximum absolute atomic E-state index is 5.42. The van der Waals surface area contributed by atoms with Gasteiger partial charge in [-0.05, 0) is 25.7 Å². The second-order valence-corrected chi connectivity index (χ2v) is 5.84. The van der Waals surface area contributed by atoms with Crippen molar-refractivity contribution >= 4 is 17.8 Å². The number of aromatic nitrogens is 3. The predicted octanol–water partition coefficient (Wildman–Crippen LogP) is 1.85. The molecular weight excluding hydrogens is 254 g/mol. The summed E-state index contributed by atoms with van der Waals surface area (Å²) in [6, 6.07) is 0. The number of hydrogen-bond acceptors (Lipinski definition) is 7. The highest BCUT2D eigenvalue weighted by Crippen LogP contribution is 2.18. The number of nitrogen functional groups attached to an aromatic ring is 1. The van der Waals surface area contributed by atoms with Crippen molar-refractivity contribution < 1.29 is 0 Å². The van der Waals surface area contributed by atoms with Gasteiger partial charge in [-0.15, -0.1) is 0 Å². The first-order valence-corrected chi connectivity index (χ1v) is 7.11. The molecule has 1 aromatic heterocycles. The van der Waals surface area contributed by atoms with Gasteiger partial charge in [0.15, 0.2) is 0 Å². The van der Waals surface area contributed by atoms with Crippen LogP contribution in [-0.4, -0.2) is 34.6 Å². The van der Waals surface area contributed by atoms with Gasteiger partial charge >= 0.3 is 0 Å². The van der Waals surface area contributed by atoms with E-state index in [0.29, 0.717) is 17.8 Å². The third-order valence-electron chi connectivity index (χ3n) is 2.96. The molecule has 0 aliphatic heterocycles. The number of hydrogen-bond donors (Lipinski definition) is 3. The lowest BCUT2D eigenvalue weighted by Crippen LogP contribution is -2.26. The van der Waals surface area contributed by atoms with Crippen molar-refractivity contribution in [2.75, 3.05) is 35.3 Å². The summed E-state index contributed by atoms with van der Waals surface area (Å²) in [4.78, 5) is 15.0. The largest absolute Gasteiger partial charge is 0.354 e. The molecule has 0 unspecified atom stereocenters. The summed E-state index contributed by atoms with van der Waals surface area (Å²) in [7, 11) is 0. The van der Waals surface area contributed by atoms with Gasteiger partial charge in [0.1, 0.15) is 0 Å². The van der Waals surface area contributed by atoms with E-state index < -0.39 is 0 Å². The molecule has 0 amide bonds. The van der Waals surface area contributed by atoms with Gasteiger partial charge < -0.3 is 10.2 Å². The molecule has 1 heterocycles. The van der Waals surface area contributed by atoms with E-state index in [1.165, 1.54) is 0 Å². The van der Waals surface area contributed by atoms with Gasteiger partial charge in [0.25, 0.3) is 0 Å². The Morgan fingerprint density at radius 2 is 1.65 bits per heavy atom. The lowest BCUT2D eigenvalue weighted by atomic mass is 9.92. The van der Waals surface area contributed by atoms with Crippen molar-refractivity contribution in [1.82, 2.24) is 15.0 Å². The Morgan fingerprint density at radius 1 is 1.05 bits per heavy atom. The monoisotopic (exact) mass is 281 g/mol. The van der Waals surface area contributed by atoms with E-state index in [0.717, 1.165) is 26.1 Å². The average molecular weight is 281 g/mol. The third kappa shape index (κ3) is 5.16. The fourth-order valence-electron chi connectivity index (χ4n) is 1.71. The molecule has 0 aliphatic carbocycles. The van der Waals surface area contributed by atoms with E-state index in [9.17, 15) is 0 Å². The second-order valence-electron chi connectivity index (χ2n) is 5.84. The quantitative estimate of drug-likeness (QED) is 0.519. The molecule has 0 aliphatic rings.